The Bertz CT molecular complexity index is 341. The fourth-order valence-corrected chi connectivity index (χ4v) is 1.41. The van der Waals surface area contributed by atoms with Crippen molar-refractivity contribution in [3.8, 4) is 0 Å². The van der Waals surface area contributed by atoms with E-state index in [1.165, 1.54) is 0 Å². The van der Waals surface area contributed by atoms with E-state index in [0.717, 1.165) is 6.42 Å². The monoisotopic (exact) mass is 211 g/mol. The van der Waals surface area contributed by atoms with Gasteiger partial charge in [-0.1, -0.05) is 0 Å². The van der Waals surface area contributed by atoms with Crippen LogP contribution in [0, 0.1) is 0 Å². The highest BCUT2D eigenvalue weighted by Crippen LogP contribution is 2.13. The van der Waals surface area contributed by atoms with Crippen LogP contribution >= 0.6 is 0 Å². The molecule has 1 aliphatic rings. The Morgan fingerprint density at radius 2 is 2.47 bits per heavy atom. The van der Waals surface area contributed by atoms with Crippen molar-refractivity contribution >= 4 is 5.97 Å². The molecule has 1 atom stereocenters. The predicted octanol–water partition coefficient (Wildman–Crippen LogP) is 0.684. The average molecular weight is 211 g/mol. The van der Waals surface area contributed by atoms with Crippen LogP contribution in [0.5, 0.6) is 0 Å². The van der Waals surface area contributed by atoms with Crippen LogP contribution in [0.1, 0.15) is 22.7 Å². The largest absolute Gasteiger partial charge is 0.454 e. The number of hydrogen-bond acceptors (Lipinski definition) is 5. The summed E-state index contributed by atoms with van der Waals surface area (Å²) in [5.41, 5.74) is 5.36. The number of carbonyl (C=O) groups excluding carboxylic acids is 1. The number of hydrogen-bond donors (Lipinski definition) is 1. The number of carbonyl (C=O) groups is 1. The van der Waals surface area contributed by atoms with Crippen LogP contribution in [0.25, 0.3) is 0 Å². The third kappa shape index (κ3) is 2.37. The topological polar surface area (TPSA) is 74.7 Å². The van der Waals surface area contributed by atoms with E-state index in [9.17, 15) is 4.79 Å². The third-order valence-electron chi connectivity index (χ3n) is 2.23. The smallest absolute Gasteiger partial charge is 0.374 e. The predicted molar refractivity (Wildman–Crippen MR) is 51.2 cm³/mol. The third-order valence-corrected chi connectivity index (χ3v) is 2.23. The molecular weight excluding hydrogens is 198 g/mol. The molecule has 1 saturated heterocycles. The molecule has 0 amide bonds. The Hall–Kier alpha value is -1.33. The van der Waals surface area contributed by atoms with Crippen LogP contribution in [-0.2, 0) is 16.0 Å². The van der Waals surface area contributed by atoms with Crippen molar-refractivity contribution < 1.29 is 18.7 Å². The van der Waals surface area contributed by atoms with E-state index in [1.54, 1.807) is 12.1 Å². The van der Waals surface area contributed by atoms with Gasteiger partial charge in [0.25, 0.3) is 0 Å². The van der Waals surface area contributed by atoms with E-state index in [-0.39, 0.29) is 18.4 Å². The molecule has 2 N–H and O–H groups in total. The molecular formula is C10H13NO4. The molecule has 1 aromatic rings. The highest BCUT2D eigenvalue weighted by atomic mass is 16.6. The van der Waals surface area contributed by atoms with E-state index in [1.807, 2.05) is 0 Å². The first-order valence-corrected chi connectivity index (χ1v) is 4.87. The summed E-state index contributed by atoms with van der Waals surface area (Å²) in [6, 6.07) is 3.24. The van der Waals surface area contributed by atoms with Gasteiger partial charge in [-0.25, -0.2) is 4.79 Å². The first-order valence-electron chi connectivity index (χ1n) is 4.87. The zero-order chi connectivity index (χ0) is 10.7. The minimum atomic E-state index is -0.454. The minimum absolute atomic E-state index is 0.149. The second-order valence-electron chi connectivity index (χ2n) is 3.36. The Morgan fingerprint density at radius 3 is 3.07 bits per heavy atom. The molecule has 15 heavy (non-hydrogen) atoms. The van der Waals surface area contributed by atoms with Crippen molar-refractivity contribution in [2.24, 2.45) is 5.73 Å². The Labute approximate surface area is 87.1 Å². The van der Waals surface area contributed by atoms with Gasteiger partial charge < -0.3 is 19.6 Å². The van der Waals surface area contributed by atoms with Crippen LogP contribution in [0.4, 0.5) is 0 Å². The van der Waals surface area contributed by atoms with Gasteiger partial charge in [0.05, 0.1) is 19.8 Å². The molecule has 1 fully saturated rings. The van der Waals surface area contributed by atoms with Gasteiger partial charge in [0.15, 0.2) is 0 Å². The molecule has 1 aromatic heterocycles. The zero-order valence-corrected chi connectivity index (χ0v) is 8.27. The molecule has 0 saturated carbocycles. The Morgan fingerprint density at radius 1 is 1.60 bits per heavy atom. The standard InChI is InChI=1S/C10H13NO4/c11-5-7-1-2-9(14-7)10(12)15-8-3-4-13-6-8/h1-2,8H,3-6,11H2. The van der Waals surface area contributed by atoms with Crippen LogP contribution < -0.4 is 5.73 Å². The summed E-state index contributed by atoms with van der Waals surface area (Å²) >= 11 is 0. The van der Waals surface area contributed by atoms with Crippen LogP contribution in [0.3, 0.4) is 0 Å². The molecule has 82 valence electrons. The summed E-state index contributed by atoms with van der Waals surface area (Å²) in [6.45, 7) is 1.39. The van der Waals surface area contributed by atoms with Crippen molar-refractivity contribution in [1.82, 2.24) is 0 Å². The second kappa shape index (κ2) is 4.46. The molecule has 2 rings (SSSR count). The Kier molecular flexibility index (Phi) is 3.03. The molecule has 5 nitrogen and oxygen atoms in total. The van der Waals surface area contributed by atoms with Gasteiger partial charge in [-0.3, -0.25) is 0 Å². The van der Waals surface area contributed by atoms with Crippen molar-refractivity contribution in [2.75, 3.05) is 13.2 Å². The number of rotatable bonds is 3. The molecule has 0 aliphatic carbocycles. The fourth-order valence-electron chi connectivity index (χ4n) is 1.41. The first-order chi connectivity index (χ1) is 7.29. The van der Waals surface area contributed by atoms with E-state index >= 15 is 0 Å². The molecule has 5 heteroatoms. The van der Waals surface area contributed by atoms with E-state index in [2.05, 4.69) is 0 Å². The SMILES string of the molecule is NCc1ccc(C(=O)OC2CCOC2)o1. The zero-order valence-electron chi connectivity index (χ0n) is 8.27. The van der Waals surface area contributed by atoms with Crippen LogP contribution in [0.2, 0.25) is 0 Å². The average Bonchev–Trinajstić information content (AvgIpc) is 2.86. The van der Waals surface area contributed by atoms with Crippen LogP contribution in [-0.4, -0.2) is 25.3 Å². The summed E-state index contributed by atoms with van der Waals surface area (Å²) in [7, 11) is 0. The second-order valence-corrected chi connectivity index (χ2v) is 3.36. The molecule has 0 aromatic carbocycles. The maximum atomic E-state index is 11.5. The van der Waals surface area contributed by atoms with Crippen molar-refractivity contribution in [1.29, 1.82) is 0 Å². The van der Waals surface area contributed by atoms with E-state index in [0.29, 0.717) is 19.0 Å². The summed E-state index contributed by atoms with van der Waals surface area (Å²) in [5, 5.41) is 0. The number of nitrogens with two attached hydrogens (primary N) is 1. The quantitative estimate of drug-likeness (QED) is 0.744. The summed E-state index contributed by atoms with van der Waals surface area (Å²) in [4.78, 5) is 11.5. The lowest BCUT2D eigenvalue weighted by Crippen LogP contribution is -2.17. The number of esters is 1. The van der Waals surface area contributed by atoms with Gasteiger partial charge in [0, 0.05) is 6.42 Å². The summed E-state index contributed by atoms with van der Waals surface area (Å²) in [5.74, 6) is 0.317. The highest BCUT2D eigenvalue weighted by molar-refractivity contribution is 5.86. The van der Waals surface area contributed by atoms with Gasteiger partial charge in [-0.15, -0.1) is 0 Å². The van der Waals surface area contributed by atoms with Gasteiger partial charge >= 0.3 is 5.97 Å². The van der Waals surface area contributed by atoms with Gasteiger partial charge in [0.2, 0.25) is 5.76 Å². The minimum Gasteiger partial charge on any atom is -0.454 e. The molecule has 0 bridgehead atoms. The maximum Gasteiger partial charge on any atom is 0.374 e. The lowest BCUT2D eigenvalue weighted by molar-refractivity contribution is 0.0235. The Balaban J connectivity index is 1.94. The van der Waals surface area contributed by atoms with Gasteiger partial charge in [0.1, 0.15) is 11.9 Å². The van der Waals surface area contributed by atoms with Gasteiger partial charge in [-0.05, 0) is 12.1 Å². The first kappa shape index (κ1) is 10.2. The highest BCUT2D eigenvalue weighted by Gasteiger charge is 2.22. The molecule has 0 radical (unpaired) electrons. The molecule has 1 unspecified atom stereocenters. The van der Waals surface area contributed by atoms with Gasteiger partial charge in [-0.2, -0.15) is 0 Å². The van der Waals surface area contributed by atoms with E-state index in [4.69, 9.17) is 19.6 Å². The maximum absolute atomic E-state index is 11.5. The molecule has 0 spiro atoms. The summed E-state index contributed by atoms with van der Waals surface area (Å²) in [6.07, 6.45) is 0.597. The molecule has 2 heterocycles. The fraction of sp³-hybridized carbons (Fsp3) is 0.500. The van der Waals surface area contributed by atoms with Crippen molar-refractivity contribution in [3.05, 3.63) is 23.7 Å². The normalized spacial score (nSPS) is 20.5. The van der Waals surface area contributed by atoms with E-state index < -0.39 is 5.97 Å². The number of ether oxygens (including phenoxy) is 2. The summed E-state index contributed by atoms with van der Waals surface area (Å²) < 4.78 is 15.4. The van der Waals surface area contributed by atoms with Crippen LogP contribution in [0.15, 0.2) is 16.5 Å². The van der Waals surface area contributed by atoms with Crippen molar-refractivity contribution in [3.63, 3.8) is 0 Å². The lowest BCUT2D eigenvalue weighted by atomic mass is 10.3. The molecule has 1 aliphatic heterocycles. The lowest BCUT2D eigenvalue weighted by Gasteiger charge is -2.07. The van der Waals surface area contributed by atoms with Crippen molar-refractivity contribution in [2.45, 2.75) is 19.1 Å². The number of furan rings is 1.